The Hall–Kier alpha value is -1.59. The molecule has 1 atom stereocenters. The molecule has 6 heteroatoms. The lowest BCUT2D eigenvalue weighted by Crippen LogP contribution is -2.42. The number of ether oxygens (including phenoxy) is 2. The number of aryl methyl sites for hydroxylation is 2. The van der Waals surface area contributed by atoms with Gasteiger partial charge in [-0.05, 0) is 56.2 Å². The van der Waals surface area contributed by atoms with E-state index in [4.69, 9.17) is 14.5 Å². The number of rotatable bonds is 1. The number of esters is 1. The van der Waals surface area contributed by atoms with E-state index < -0.39 is 0 Å². The summed E-state index contributed by atoms with van der Waals surface area (Å²) in [6, 6.07) is 1.85. The third kappa shape index (κ3) is 2.70. The predicted octanol–water partition coefficient (Wildman–Crippen LogP) is 3.51. The maximum Gasteiger partial charge on any atom is 0.354 e. The van der Waals surface area contributed by atoms with E-state index in [0.29, 0.717) is 5.69 Å². The van der Waals surface area contributed by atoms with Gasteiger partial charge >= 0.3 is 5.97 Å². The summed E-state index contributed by atoms with van der Waals surface area (Å²) in [6.45, 7) is 3.00. The van der Waals surface area contributed by atoms with Gasteiger partial charge in [-0.2, -0.15) is 0 Å². The molecule has 1 N–H and O–H groups in total. The zero-order chi connectivity index (χ0) is 16.0. The van der Waals surface area contributed by atoms with Crippen LogP contribution in [-0.2, 0) is 22.3 Å². The zero-order valence-corrected chi connectivity index (χ0v) is 14.9. The van der Waals surface area contributed by atoms with Crippen LogP contribution in [0.15, 0.2) is 6.07 Å². The summed E-state index contributed by atoms with van der Waals surface area (Å²) in [5.74, 6) is -0.354. The Morgan fingerprint density at radius 3 is 2.92 bits per heavy atom. The SMILES string of the molecule is COC(=O)c1cc2c(C)c3c(nc2[nH]1)CCC1(CCCCO1)C3.Cl. The van der Waals surface area contributed by atoms with Crippen molar-refractivity contribution in [3.8, 4) is 0 Å². The standard InChI is InChI=1S/C18H22N2O3.ClH/c1-11-12-9-15(17(21)22-2)20-16(12)19-14-5-7-18(10-13(11)14)6-3-4-8-23-18;/h9H,3-8,10H2,1-2H3,(H,19,20);1H. The first-order chi connectivity index (χ1) is 11.1. The molecule has 1 unspecified atom stereocenters. The fourth-order valence-electron chi connectivity index (χ4n) is 4.06. The Morgan fingerprint density at radius 1 is 1.38 bits per heavy atom. The van der Waals surface area contributed by atoms with Crippen LogP contribution >= 0.6 is 12.4 Å². The van der Waals surface area contributed by atoms with E-state index >= 15 is 0 Å². The lowest BCUT2D eigenvalue weighted by molar-refractivity contribution is -0.0865. The van der Waals surface area contributed by atoms with Crippen molar-refractivity contribution in [3.63, 3.8) is 0 Å². The highest BCUT2D eigenvalue weighted by molar-refractivity contribution is 5.95. The number of hydrogen-bond donors (Lipinski definition) is 1. The van der Waals surface area contributed by atoms with Crippen molar-refractivity contribution in [2.45, 2.75) is 51.0 Å². The minimum absolute atomic E-state index is 0. The van der Waals surface area contributed by atoms with E-state index in [-0.39, 0.29) is 24.0 Å². The molecule has 0 saturated carbocycles. The first-order valence-electron chi connectivity index (χ1n) is 8.35. The van der Waals surface area contributed by atoms with Gasteiger partial charge in [-0.25, -0.2) is 9.78 Å². The largest absolute Gasteiger partial charge is 0.464 e. The second kappa shape index (κ2) is 6.37. The van der Waals surface area contributed by atoms with E-state index in [1.165, 1.54) is 31.1 Å². The summed E-state index contributed by atoms with van der Waals surface area (Å²) in [5, 5.41) is 1.01. The number of H-pyrrole nitrogens is 1. The van der Waals surface area contributed by atoms with Crippen molar-refractivity contribution in [2.24, 2.45) is 0 Å². The number of aromatic amines is 1. The van der Waals surface area contributed by atoms with Gasteiger partial charge in [-0.15, -0.1) is 12.4 Å². The van der Waals surface area contributed by atoms with E-state index in [0.717, 1.165) is 49.0 Å². The molecule has 5 nitrogen and oxygen atoms in total. The van der Waals surface area contributed by atoms with Crippen LogP contribution in [0.4, 0.5) is 0 Å². The molecule has 2 aliphatic rings. The molecule has 1 saturated heterocycles. The number of nitrogens with zero attached hydrogens (tertiary/aromatic N) is 1. The van der Waals surface area contributed by atoms with E-state index in [1.807, 2.05) is 6.07 Å². The molecule has 2 aromatic heterocycles. The lowest BCUT2D eigenvalue weighted by Gasteiger charge is -2.41. The van der Waals surface area contributed by atoms with E-state index in [2.05, 4.69) is 11.9 Å². The number of carbonyl (C=O) groups is 1. The molecule has 0 amide bonds. The fraction of sp³-hybridized carbons (Fsp3) is 0.556. The maximum absolute atomic E-state index is 11.8. The number of halogens is 1. The average Bonchev–Trinajstić information content (AvgIpc) is 3.00. The van der Waals surface area contributed by atoms with Gasteiger partial charge in [0, 0.05) is 24.1 Å². The molecule has 4 rings (SSSR count). The third-order valence-corrected chi connectivity index (χ3v) is 5.41. The average molecular weight is 351 g/mol. The van der Waals surface area contributed by atoms with Gasteiger partial charge in [-0.1, -0.05) is 0 Å². The Labute approximate surface area is 147 Å². The number of hydrogen-bond acceptors (Lipinski definition) is 4. The Morgan fingerprint density at radius 2 is 2.21 bits per heavy atom. The summed E-state index contributed by atoms with van der Waals surface area (Å²) in [7, 11) is 1.39. The molecule has 0 bridgehead atoms. The molecular weight excluding hydrogens is 328 g/mol. The molecular formula is C18H23ClN2O3. The van der Waals surface area contributed by atoms with E-state index in [9.17, 15) is 4.79 Å². The molecule has 0 aromatic carbocycles. The molecule has 3 heterocycles. The highest BCUT2D eigenvalue weighted by Crippen LogP contribution is 2.39. The topological polar surface area (TPSA) is 64.2 Å². The number of aromatic nitrogens is 2. The lowest BCUT2D eigenvalue weighted by atomic mass is 9.77. The molecule has 1 spiro atoms. The van der Waals surface area contributed by atoms with Crippen molar-refractivity contribution in [3.05, 3.63) is 28.6 Å². The van der Waals surface area contributed by atoms with Gasteiger partial charge in [0.2, 0.25) is 0 Å². The van der Waals surface area contributed by atoms with E-state index in [1.54, 1.807) is 0 Å². The molecule has 1 aliphatic heterocycles. The van der Waals surface area contributed by atoms with Gasteiger partial charge in [0.05, 0.1) is 12.7 Å². The third-order valence-electron chi connectivity index (χ3n) is 5.41. The monoisotopic (exact) mass is 350 g/mol. The minimum atomic E-state index is -0.354. The number of nitrogens with one attached hydrogen (secondary N) is 1. The Balaban J connectivity index is 0.00000169. The summed E-state index contributed by atoms with van der Waals surface area (Å²) in [6.07, 6.45) is 6.49. The normalized spacial score (nSPS) is 22.9. The quantitative estimate of drug-likeness (QED) is 0.799. The van der Waals surface area contributed by atoms with Gasteiger partial charge < -0.3 is 14.5 Å². The number of methoxy groups -OCH3 is 1. The highest BCUT2D eigenvalue weighted by atomic mass is 35.5. The second-order valence-electron chi connectivity index (χ2n) is 6.76. The van der Waals surface area contributed by atoms with Crippen molar-refractivity contribution < 1.29 is 14.3 Å². The molecule has 2 aromatic rings. The van der Waals surface area contributed by atoms with Gasteiger partial charge in [-0.3, -0.25) is 0 Å². The van der Waals surface area contributed by atoms with Gasteiger partial charge in [0.15, 0.2) is 0 Å². The minimum Gasteiger partial charge on any atom is -0.464 e. The molecule has 130 valence electrons. The number of fused-ring (bicyclic) bond motifs is 2. The van der Waals surface area contributed by atoms with Crippen LogP contribution in [0.2, 0.25) is 0 Å². The maximum atomic E-state index is 11.8. The van der Waals surface area contributed by atoms with Crippen LogP contribution in [0.5, 0.6) is 0 Å². The zero-order valence-electron chi connectivity index (χ0n) is 14.1. The summed E-state index contributed by atoms with van der Waals surface area (Å²) in [4.78, 5) is 19.6. The van der Waals surface area contributed by atoms with Crippen molar-refractivity contribution in [1.29, 1.82) is 0 Å². The van der Waals surface area contributed by atoms with Gasteiger partial charge in [0.25, 0.3) is 0 Å². The summed E-state index contributed by atoms with van der Waals surface area (Å²) in [5.41, 5.74) is 4.91. The predicted molar refractivity (Wildman–Crippen MR) is 94.0 cm³/mol. The summed E-state index contributed by atoms with van der Waals surface area (Å²) >= 11 is 0. The highest BCUT2D eigenvalue weighted by Gasteiger charge is 2.38. The molecule has 0 radical (unpaired) electrons. The fourth-order valence-corrected chi connectivity index (χ4v) is 4.06. The van der Waals surface area contributed by atoms with Gasteiger partial charge in [0.1, 0.15) is 11.3 Å². The molecule has 1 fully saturated rings. The number of carbonyl (C=O) groups excluding carboxylic acids is 1. The van der Waals surface area contributed by atoms with Crippen molar-refractivity contribution >= 4 is 29.4 Å². The van der Waals surface area contributed by atoms with Crippen LogP contribution in [-0.4, -0.2) is 35.3 Å². The van der Waals surface area contributed by atoms with Crippen LogP contribution in [0.25, 0.3) is 11.0 Å². The first kappa shape index (κ1) is 17.2. The Kier molecular flexibility index (Phi) is 4.58. The van der Waals surface area contributed by atoms with Crippen molar-refractivity contribution in [1.82, 2.24) is 9.97 Å². The van der Waals surface area contributed by atoms with Crippen LogP contribution < -0.4 is 0 Å². The van der Waals surface area contributed by atoms with Crippen LogP contribution in [0.1, 0.15) is 53.0 Å². The van der Waals surface area contributed by atoms with Crippen LogP contribution in [0.3, 0.4) is 0 Å². The molecule has 24 heavy (non-hydrogen) atoms. The summed E-state index contributed by atoms with van der Waals surface area (Å²) < 4.78 is 11.0. The smallest absolute Gasteiger partial charge is 0.354 e. The number of pyridine rings is 1. The second-order valence-corrected chi connectivity index (χ2v) is 6.76. The van der Waals surface area contributed by atoms with Crippen LogP contribution in [0, 0.1) is 6.92 Å². The Bertz CT molecular complexity index is 778. The molecule has 1 aliphatic carbocycles. The first-order valence-corrected chi connectivity index (χ1v) is 8.35. The van der Waals surface area contributed by atoms with Crippen molar-refractivity contribution in [2.75, 3.05) is 13.7 Å².